The lowest BCUT2D eigenvalue weighted by Gasteiger charge is -2.19. The number of thiocarbonyl (C=S) groups is 1. The number of nitrogens with zero attached hydrogens (tertiary/aromatic N) is 3. The molecule has 1 fully saturated rings. The van der Waals surface area contributed by atoms with Gasteiger partial charge in [-0.25, -0.2) is 0 Å². The van der Waals surface area contributed by atoms with Crippen LogP contribution in [-0.4, -0.2) is 99.0 Å². The molecule has 176 valence electrons. The number of aliphatic hydroxyl groups is 3. The van der Waals surface area contributed by atoms with Crippen molar-refractivity contribution in [2.45, 2.75) is 11.8 Å². The second-order valence-corrected chi connectivity index (χ2v) is 9.29. The van der Waals surface area contributed by atoms with Gasteiger partial charge in [0.15, 0.2) is 0 Å². The van der Waals surface area contributed by atoms with Gasteiger partial charge in [0, 0.05) is 31.1 Å². The topological polar surface area (TPSA) is 125 Å². The Kier molecular flexibility index (Phi) is 10.9. The summed E-state index contributed by atoms with van der Waals surface area (Å²) in [5.74, 6) is -1.40. The molecule has 9 nitrogen and oxygen atoms in total. The standard InChI is InChI=1S/C14H12N2O3S3.C6H15NO3/c1-2-15-8-5-3-4-6-9(8)21-13(15)11-12(19)16(7-10(17)18)14(20)22-11;8-4-1-7(2-5-9)3-6-10/h3-6H,2,7H2,1H3,(H,17,18);8-10H,1-6H2/b13-11+;. The average molecular weight is 502 g/mol. The minimum absolute atomic E-state index is 0.0694. The quantitative estimate of drug-likeness (QED) is 0.286. The second-order valence-electron chi connectivity index (χ2n) is 6.61. The van der Waals surface area contributed by atoms with E-state index in [1.54, 1.807) is 4.90 Å². The fourth-order valence-corrected chi connectivity index (χ4v) is 5.71. The zero-order valence-corrected chi connectivity index (χ0v) is 20.1. The van der Waals surface area contributed by atoms with Gasteiger partial charge in [-0.1, -0.05) is 47.9 Å². The summed E-state index contributed by atoms with van der Waals surface area (Å²) in [6.45, 7) is 4.09. The summed E-state index contributed by atoms with van der Waals surface area (Å²) >= 11 is 7.85. The SMILES string of the molecule is CCN1/C(=C2\SC(=S)N(CC(=O)O)C2=O)Sc2ccccc21.OCCN(CCO)CCO. The Labute approximate surface area is 200 Å². The zero-order chi connectivity index (χ0) is 23.7. The molecule has 1 aromatic rings. The fraction of sp³-hybridized carbons (Fsp3) is 0.450. The molecule has 0 unspecified atom stereocenters. The van der Waals surface area contributed by atoms with Crippen molar-refractivity contribution in [3.8, 4) is 0 Å². The molecule has 32 heavy (non-hydrogen) atoms. The first-order valence-corrected chi connectivity index (χ1v) is 12.0. The van der Waals surface area contributed by atoms with Crippen LogP contribution in [0.3, 0.4) is 0 Å². The second kappa shape index (κ2) is 13.1. The molecule has 0 bridgehead atoms. The van der Waals surface area contributed by atoms with E-state index in [4.69, 9.17) is 32.6 Å². The summed E-state index contributed by atoms with van der Waals surface area (Å²) in [6, 6.07) is 7.93. The Balaban J connectivity index is 0.000000309. The number of aliphatic carboxylic acids is 1. The highest BCUT2D eigenvalue weighted by Gasteiger charge is 2.39. The van der Waals surface area contributed by atoms with E-state index in [1.807, 2.05) is 31.2 Å². The van der Waals surface area contributed by atoms with E-state index in [0.29, 0.717) is 28.9 Å². The van der Waals surface area contributed by atoms with Gasteiger partial charge < -0.3 is 25.3 Å². The first-order valence-electron chi connectivity index (χ1n) is 9.96. The maximum Gasteiger partial charge on any atom is 0.323 e. The van der Waals surface area contributed by atoms with Gasteiger partial charge in [-0.3, -0.25) is 19.4 Å². The molecule has 3 rings (SSSR count). The molecule has 0 saturated carbocycles. The molecule has 1 saturated heterocycles. The third-order valence-electron chi connectivity index (χ3n) is 4.51. The number of anilines is 1. The number of hydrogen-bond acceptors (Lipinski definition) is 10. The average Bonchev–Trinajstić information content (AvgIpc) is 3.26. The minimum Gasteiger partial charge on any atom is -0.480 e. The number of carboxylic acids is 1. The summed E-state index contributed by atoms with van der Waals surface area (Å²) in [5, 5.41) is 35.2. The number of para-hydroxylation sites is 1. The Bertz CT molecular complexity index is 852. The summed E-state index contributed by atoms with van der Waals surface area (Å²) in [6.07, 6.45) is 0. The monoisotopic (exact) mass is 501 g/mol. The van der Waals surface area contributed by atoms with Crippen LogP contribution in [0.5, 0.6) is 0 Å². The van der Waals surface area contributed by atoms with E-state index in [9.17, 15) is 9.59 Å². The van der Waals surface area contributed by atoms with Gasteiger partial charge in [-0.05, 0) is 19.1 Å². The van der Waals surface area contributed by atoms with Crippen LogP contribution in [0.2, 0.25) is 0 Å². The van der Waals surface area contributed by atoms with Gasteiger partial charge in [0.25, 0.3) is 5.91 Å². The maximum absolute atomic E-state index is 12.5. The number of hydrogen-bond donors (Lipinski definition) is 4. The van der Waals surface area contributed by atoms with Crippen molar-refractivity contribution >= 4 is 57.6 Å². The van der Waals surface area contributed by atoms with Gasteiger partial charge in [0.2, 0.25) is 0 Å². The Morgan fingerprint density at radius 2 is 1.62 bits per heavy atom. The van der Waals surface area contributed by atoms with Crippen molar-refractivity contribution in [1.82, 2.24) is 9.80 Å². The van der Waals surface area contributed by atoms with Crippen LogP contribution in [0.25, 0.3) is 0 Å². The number of thioether (sulfide) groups is 2. The van der Waals surface area contributed by atoms with Crippen molar-refractivity contribution in [3.63, 3.8) is 0 Å². The van der Waals surface area contributed by atoms with Crippen LogP contribution in [0.4, 0.5) is 5.69 Å². The first-order chi connectivity index (χ1) is 15.4. The Morgan fingerprint density at radius 3 is 2.16 bits per heavy atom. The summed E-state index contributed by atoms with van der Waals surface area (Å²) < 4.78 is 0.294. The number of amides is 1. The molecule has 12 heteroatoms. The van der Waals surface area contributed by atoms with E-state index in [2.05, 4.69) is 4.90 Å². The van der Waals surface area contributed by atoms with E-state index in [-0.39, 0.29) is 25.7 Å². The van der Waals surface area contributed by atoms with Gasteiger partial charge in [0.05, 0.1) is 25.5 Å². The molecule has 1 amide bonds. The van der Waals surface area contributed by atoms with E-state index in [1.165, 1.54) is 23.5 Å². The lowest BCUT2D eigenvalue weighted by Crippen LogP contribution is -2.33. The number of aliphatic hydroxyl groups excluding tert-OH is 3. The highest BCUT2D eigenvalue weighted by atomic mass is 32.2. The molecule has 0 atom stereocenters. The molecule has 1 aromatic carbocycles. The molecule has 0 aliphatic carbocycles. The van der Waals surface area contributed by atoms with Crippen LogP contribution in [-0.2, 0) is 9.59 Å². The van der Waals surface area contributed by atoms with Crippen LogP contribution in [0, 0.1) is 0 Å². The van der Waals surface area contributed by atoms with Crippen LogP contribution in [0.1, 0.15) is 6.92 Å². The molecule has 4 N–H and O–H groups in total. The Hall–Kier alpha value is -1.67. The van der Waals surface area contributed by atoms with Crippen LogP contribution < -0.4 is 4.90 Å². The molecule has 0 aromatic heterocycles. The van der Waals surface area contributed by atoms with Gasteiger partial charge >= 0.3 is 5.97 Å². The summed E-state index contributed by atoms with van der Waals surface area (Å²) in [4.78, 5) is 30.0. The van der Waals surface area contributed by atoms with Crippen molar-refractivity contribution in [2.24, 2.45) is 0 Å². The van der Waals surface area contributed by atoms with Crippen LogP contribution >= 0.6 is 35.7 Å². The van der Waals surface area contributed by atoms with Crippen molar-refractivity contribution in [3.05, 3.63) is 34.2 Å². The van der Waals surface area contributed by atoms with E-state index < -0.39 is 12.5 Å². The fourth-order valence-electron chi connectivity index (χ4n) is 3.08. The van der Waals surface area contributed by atoms with E-state index >= 15 is 0 Å². The molecule has 0 spiro atoms. The van der Waals surface area contributed by atoms with Crippen molar-refractivity contribution in [1.29, 1.82) is 0 Å². The van der Waals surface area contributed by atoms with Crippen LogP contribution in [0.15, 0.2) is 39.1 Å². The number of carbonyl (C=O) groups is 2. The lowest BCUT2D eigenvalue weighted by atomic mass is 10.3. The molecule has 2 aliphatic rings. The first kappa shape index (κ1) is 26.6. The number of benzene rings is 1. The predicted octanol–water partition coefficient (Wildman–Crippen LogP) is 0.998. The van der Waals surface area contributed by atoms with Gasteiger partial charge in [-0.15, -0.1) is 0 Å². The number of rotatable bonds is 9. The molecule has 2 aliphatic heterocycles. The normalized spacial score (nSPS) is 17.7. The van der Waals surface area contributed by atoms with Gasteiger partial charge in [0.1, 0.15) is 20.8 Å². The number of fused-ring (bicyclic) bond motifs is 1. The zero-order valence-electron chi connectivity index (χ0n) is 17.6. The smallest absolute Gasteiger partial charge is 0.323 e. The summed E-state index contributed by atoms with van der Waals surface area (Å²) in [7, 11) is 0. The lowest BCUT2D eigenvalue weighted by molar-refractivity contribution is -0.140. The third-order valence-corrected chi connectivity index (χ3v) is 7.26. The van der Waals surface area contributed by atoms with Crippen molar-refractivity contribution < 1.29 is 30.0 Å². The number of carboxylic acid groups (broad SMARTS) is 1. The third kappa shape index (κ3) is 6.67. The molecule has 0 radical (unpaired) electrons. The predicted molar refractivity (Wildman–Crippen MR) is 130 cm³/mol. The van der Waals surface area contributed by atoms with Crippen molar-refractivity contribution in [2.75, 3.05) is 57.4 Å². The number of carbonyl (C=O) groups excluding carboxylic acids is 1. The minimum atomic E-state index is -1.07. The molecule has 2 heterocycles. The molecular weight excluding hydrogens is 474 g/mol. The molecular formula is C20H27N3O6S3. The van der Waals surface area contributed by atoms with Gasteiger partial charge in [-0.2, -0.15) is 0 Å². The largest absolute Gasteiger partial charge is 0.480 e. The highest BCUT2D eigenvalue weighted by Crippen LogP contribution is 2.50. The summed E-state index contributed by atoms with van der Waals surface area (Å²) in [5.41, 5.74) is 1.06. The highest BCUT2D eigenvalue weighted by molar-refractivity contribution is 8.27. The Morgan fingerprint density at radius 1 is 1.03 bits per heavy atom. The van der Waals surface area contributed by atoms with E-state index in [0.717, 1.165) is 27.1 Å². The maximum atomic E-state index is 12.5.